The fourth-order valence-electron chi connectivity index (χ4n) is 5.11. The molecule has 2 heterocycles. The van der Waals surface area contributed by atoms with Gasteiger partial charge in [0.15, 0.2) is 6.10 Å². The zero-order chi connectivity index (χ0) is 13.6. The van der Waals surface area contributed by atoms with E-state index in [0.29, 0.717) is 13.0 Å². The van der Waals surface area contributed by atoms with Crippen molar-refractivity contribution in [1.82, 2.24) is 0 Å². The maximum absolute atomic E-state index is 12.1. The molecule has 0 aromatic heterocycles. The molecule has 2 saturated heterocycles. The van der Waals surface area contributed by atoms with Crippen LogP contribution in [0, 0.1) is 23.2 Å². The molecule has 4 rings (SSSR count). The Morgan fingerprint density at radius 1 is 1.47 bits per heavy atom. The van der Waals surface area contributed by atoms with E-state index < -0.39 is 40.7 Å². The summed E-state index contributed by atoms with van der Waals surface area (Å²) in [6.45, 7) is 5.97. The molecule has 7 atom stereocenters. The number of carbonyl (C=O) groups excluding carboxylic acids is 1. The van der Waals surface area contributed by atoms with E-state index in [4.69, 9.17) is 9.47 Å². The lowest BCUT2D eigenvalue weighted by molar-refractivity contribution is -0.326. The van der Waals surface area contributed by atoms with Gasteiger partial charge in [-0.25, -0.2) is 0 Å². The minimum absolute atomic E-state index is 0.0627. The molecule has 4 fully saturated rings. The first-order valence-corrected chi connectivity index (χ1v) is 6.82. The average Bonchev–Trinajstić information content (AvgIpc) is 2.93. The van der Waals surface area contributed by atoms with Crippen LogP contribution >= 0.6 is 0 Å². The van der Waals surface area contributed by atoms with E-state index in [1.807, 2.05) is 6.92 Å². The van der Waals surface area contributed by atoms with Crippen molar-refractivity contribution < 1.29 is 24.5 Å². The van der Waals surface area contributed by atoms with E-state index in [1.54, 1.807) is 6.08 Å². The molecule has 4 aliphatic rings. The summed E-state index contributed by atoms with van der Waals surface area (Å²) < 4.78 is 11.0. The third kappa shape index (κ3) is 0.919. The van der Waals surface area contributed by atoms with Gasteiger partial charge in [-0.3, -0.25) is 4.79 Å². The number of aliphatic hydroxyl groups is 2. The van der Waals surface area contributed by atoms with E-state index in [-0.39, 0.29) is 5.92 Å². The Hall–Kier alpha value is -0.910. The number of hydrogen-bond acceptors (Lipinski definition) is 5. The van der Waals surface area contributed by atoms with Crippen LogP contribution < -0.4 is 0 Å². The van der Waals surface area contributed by atoms with E-state index in [1.165, 1.54) is 0 Å². The van der Waals surface area contributed by atoms with Crippen molar-refractivity contribution in [3.8, 4) is 0 Å². The first kappa shape index (κ1) is 11.9. The highest BCUT2D eigenvalue weighted by Gasteiger charge is 2.83. The number of carbonyl (C=O) groups is 1. The van der Waals surface area contributed by atoms with Gasteiger partial charge in [0.05, 0.1) is 23.5 Å². The molecule has 0 amide bonds. The molecule has 2 aliphatic carbocycles. The maximum atomic E-state index is 12.1. The van der Waals surface area contributed by atoms with E-state index >= 15 is 0 Å². The molecule has 0 aromatic rings. The normalized spacial score (nSPS) is 61.9. The summed E-state index contributed by atoms with van der Waals surface area (Å²) in [6.07, 6.45) is 2.10. The predicted octanol–water partition coefficient (Wildman–Crippen LogP) is 0.210. The molecule has 5 nitrogen and oxygen atoms in total. The third-order valence-corrected chi connectivity index (χ3v) is 6.24. The molecule has 2 aliphatic heterocycles. The molecule has 0 unspecified atom stereocenters. The van der Waals surface area contributed by atoms with Crippen LogP contribution in [0.3, 0.4) is 0 Å². The molecule has 2 saturated carbocycles. The van der Waals surface area contributed by atoms with Crippen LogP contribution in [-0.2, 0) is 14.3 Å². The van der Waals surface area contributed by atoms with Crippen LogP contribution in [-0.4, -0.2) is 40.3 Å². The predicted molar refractivity (Wildman–Crippen MR) is 63.7 cm³/mol. The highest BCUT2D eigenvalue weighted by molar-refractivity contribution is 5.79. The number of rotatable bonds is 1. The maximum Gasteiger partial charge on any atom is 0.313 e. The lowest BCUT2D eigenvalue weighted by Crippen LogP contribution is -2.70. The van der Waals surface area contributed by atoms with Crippen LogP contribution in [0.1, 0.15) is 19.8 Å². The number of hydrogen-bond donors (Lipinski definition) is 2. The van der Waals surface area contributed by atoms with E-state index in [9.17, 15) is 15.0 Å². The number of esters is 1. The van der Waals surface area contributed by atoms with Crippen LogP contribution in [0.5, 0.6) is 0 Å². The Kier molecular flexibility index (Phi) is 1.91. The molecule has 5 heteroatoms. The Bertz CT molecular complexity index is 490. The van der Waals surface area contributed by atoms with Gasteiger partial charge in [0, 0.05) is 5.92 Å². The Morgan fingerprint density at radius 2 is 2.21 bits per heavy atom. The summed E-state index contributed by atoms with van der Waals surface area (Å²) in [5, 5.41) is 22.2. The Balaban J connectivity index is 1.99. The van der Waals surface area contributed by atoms with E-state index in [2.05, 4.69) is 6.58 Å². The lowest BCUT2D eigenvalue weighted by Gasteiger charge is -2.54. The van der Waals surface area contributed by atoms with Gasteiger partial charge in [0.1, 0.15) is 0 Å². The Morgan fingerprint density at radius 3 is 2.89 bits per heavy atom. The SMILES string of the molecule is C=C[C@H]1[C@@H]2C(=O)O[C@@H]1[C@@]1(O)OC[C@H]3CC[C@]2(O)[C@]31C. The monoisotopic (exact) mass is 266 g/mol. The van der Waals surface area contributed by atoms with Crippen molar-refractivity contribution in [1.29, 1.82) is 0 Å². The van der Waals surface area contributed by atoms with Gasteiger partial charge in [-0.2, -0.15) is 0 Å². The van der Waals surface area contributed by atoms with Crippen molar-refractivity contribution >= 4 is 5.97 Å². The largest absolute Gasteiger partial charge is 0.456 e. The minimum atomic E-state index is -1.61. The molecular weight excluding hydrogens is 248 g/mol. The van der Waals surface area contributed by atoms with Crippen molar-refractivity contribution in [2.75, 3.05) is 6.61 Å². The van der Waals surface area contributed by atoms with Gasteiger partial charge in [-0.05, 0) is 18.8 Å². The standard InChI is InChI=1S/C14H18O5/c1-3-8-9-11(15)19-10(8)14(17)12(2)7(6-18-14)4-5-13(9,12)16/h3,7-10,16-17H,1,4-6H2,2H3/t7-,8+,9-,10+,12+,13-,14-/m1/s1. The van der Waals surface area contributed by atoms with Crippen molar-refractivity contribution in [3.63, 3.8) is 0 Å². The second-order valence-corrected chi connectivity index (χ2v) is 6.52. The van der Waals surface area contributed by atoms with Crippen molar-refractivity contribution in [2.24, 2.45) is 23.2 Å². The quantitative estimate of drug-likeness (QED) is 0.524. The van der Waals surface area contributed by atoms with Crippen molar-refractivity contribution in [3.05, 3.63) is 12.7 Å². The molecule has 0 aromatic carbocycles. The third-order valence-electron chi connectivity index (χ3n) is 6.24. The fraction of sp³-hybridized carbons (Fsp3) is 0.786. The van der Waals surface area contributed by atoms with Gasteiger partial charge in [0.25, 0.3) is 0 Å². The summed E-state index contributed by atoms with van der Waals surface area (Å²) >= 11 is 0. The molecule has 0 spiro atoms. The minimum Gasteiger partial charge on any atom is -0.456 e. The van der Waals surface area contributed by atoms with Gasteiger partial charge in [-0.15, -0.1) is 6.58 Å². The number of fused-ring (bicyclic) bond motifs is 4. The highest BCUT2D eigenvalue weighted by atomic mass is 16.7. The second-order valence-electron chi connectivity index (χ2n) is 6.52. The van der Waals surface area contributed by atoms with Crippen LogP contribution in [0.2, 0.25) is 0 Å². The summed E-state index contributed by atoms with van der Waals surface area (Å²) in [5.41, 5.74) is -2.12. The molecule has 19 heavy (non-hydrogen) atoms. The van der Waals surface area contributed by atoms with Gasteiger partial charge in [0.2, 0.25) is 5.79 Å². The molecule has 2 N–H and O–H groups in total. The highest BCUT2D eigenvalue weighted by Crippen LogP contribution is 2.70. The van der Waals surface area contributed by atoms with Gasteiger partial charge in [-0.1, -0.05) is 13.0 Å². The summed E-state index contributed by atoms with van der Waals surface area (Å²) in [4.78, 5) is 12.1. The zero-order valence-corrected chi connectivity index (χ0v) is 10.8. The van der Waals surface area contributed by atoms with E-state index in [0.717, 1.165) is 6.42 Å². The summed E-state index contributed by atoms with van der Waals surface area (Å²) in [6, 6.07) is 0. The van der Waals surface area contributed by atoms with Crippen molar-refractivity contribution in [2.45, 2.75) is 37.3 Å². The summed E-state index contributed by atoms with van der Waals surface area (Å²) in [5.74, 6) is -3.01. The van der Waals surface area contributed by atoms with Crippen LogP contribution in [0.25, 0.3) is 0 Å². The first-order chi connectivity index (χ1) is 8.90. The lowest BCUT2D eigenvalue weighted by atomic mass is 9.53. The molecular formula is C14H18O5. The Labute approximate surface area is 111 Å². The zero-order valence-electron chi connectivity index (χ0n) is 10.8. The second kappa shape index (κ2) is 3.05. The fourth-order valence-corrected chi connectivity index (χ4v) is 5.11. The van der Waals surface area contributed by atoms with Crippen LogP contribution in [0.15, 0.2) is 12.7 Å². The first-order valence-electron chi connectivity index (χ1n) is 6.82. The van der Waals surface area contributed by atoms with Crippen LogP contribution in [0.4, 0.5) is 0 Å². The van der Waals surface area contributed by atoms with Gasteiger partial charge >= 0.3 is 5.97 Å². The molecule has 2 bridgehead atoms. The molecule has 104 valence electrons. The smallest absolute Gasteiger partial charge is 0.313 e. The topological polar surface area (TPSA) is 76.0 Å². The summed E-state index contributed by atoms with van der Waals surface area (Å²) in [7, 11) is 0. The average molecular weight is 266 g/mol. The molecule has 0 radical (unpaired) electrons. The number of ether oxygens (including phenoxy) is 2. The van der Waals surface area contributed by atoms with Gasteiger partial charge < -0.3 is 19.7 Å².